The fraction of sp³-hybridized carbons (Fsp3) is 0.560. The van der Waals surface area contributed by atoms with Gasteiger partial charge in [0.2, 0.25) is 0 Å². The minimum absolute atomic E-state index is 0.0824. The molecule has 7 atom stereocenters. The lowest BCUT2D eigenvalue weighted by atomic mass is 9.96. The molecule has 3 aliphatic rings. The molecule has 35 heavy (non-hydrogen) atoms. The van der Waals surface area contributed by atoms with E-state index < -0.39 is 60.8 Å². The van der Waals surface area contributed by atoms with Crippen molar-refractivity contribution < 1.29 is 47.5 Å². The van der Waals surface area contributed by atoms with Crippen LogP contribution >= 0.6 is 0 Å². The maximum atomic E-state index is 13.2. The zero-order valence-corrected chi connectivity index (χ0v) is 19.7. The molecule has 3 aliphatic heterocycles. The van der Waals surface area contributed by atoms with Gasteiger partial charge in [-0.05, 0) is 19.8 Å². The molecular weight excluding hydrogens is 460 g/mol. The highest BCUT2D eigenvalue weighted by atomic mass is 16.8. The molecule has 0 aliphatic carbocycles. The molecular formula is C25H30O10. The number of carbonyl (C=O) groups is 3. The Balaban J connectivity index is 1.66. The first-order valence-electron chi connectivity index (χ1n) is 11.7. The smallest absolute Gasteiger partial charge is 0.321 e. The summed E-state index contributed by atoms with van der Waals surface area (Å²) < 4.78 is 40.1. The maximum Gasteiger partial charge on any atom is 0.321 e. The van der Waals surface area contributed by atoms with Crippen molar-refractivity contribution in [3.05, 3.63) is 48.0 Å². The van der Waals surface area contributed by atoms with Crippen molar-refractivity contribution in [3.8, 4) is 0 Å². The normalized spacial score (nSPS) is 33.7. The maximum absolute atomic E-state index is 13.2. The molecule has 1 unspecified atom stereocenters. The molecule has 0 amide bonds. The minimum Gasteiger partial charge on any atom is -0.465 e. The average Bonchev–Trinajstić information content (AvgIpc) is 2.86. The molecule has 0 bridgehead atoms. The van der Waals surface area contributed by atoms with Crippen LogP contribution < -0.4 is 0 Å². The van der Waals surface area contributed by atoms with E-state index in [2.05, 4.69) is 0 Å². The lowest BCUT2D eigenvalue weighted by molar-refractivity contribution is -0.359. The second-order valence-corrected chi connectivity index (χ2v) is 8.36. The summed E-state index contributed by atoms with van der Waals surface area (Å²) in [5.41, 5.74) is 0.766. The van der Waals surface area contributed by atoms with E-state index in [1.807, 2.05) is 30.3 Å². The fourth-order valence-electron chi connectivity index (χ4n) is 4.29. The molecule has 3 heterocycles. The third kappa shape index (κ3) is 5.90. The topological polar surface area (TPSA) is 116 Å². The Bertz CT molecular complexity index is 916. The number of esters is 3. The quantitative estimate of drug-likeness (QED) is 0.269. The third-order valence-corrected chi connectivity index (χ3v) is 6.02. The van der Waals surface area contributed by atoms with Crippen molar-refractivity contribution in [2.75, 3.05) is 20.3 Å². The third-order valence-electron chi connectivity index (χ3n) is 6.02. The summed E-state index contributed by atoms with van der Waals surface area (Å²) in [6, 6.07) is 9.27. The van der Waals surface area contributed by atoms with E-state index >= 15 is 0 Å². The summed E-state index contributed by atoms with van der Waals surface area (Å²) in [5, 5.41) is 0. The molecule has 4 rings (SSSR count). The molecule has 0 spiro atoms. The van der Waals surface area contributed by atoms with E-state index in [0.29, 0.717) is 6.42 Å². The van der Waals surface area contributed by atoms with Gasteiger partial charge in [-0.15, -0.1) is 0 Å². The second kappa shape index (κ2) is 11.8. The number of allylic oxidation sites excluding steroid dienone is 2. The van der Waals surface area contributed by atoms with Crippen LogP contribution in [-0.4, -0.2) is 68.9 Å². The molecule has 10 nitrogen and oxygen atoms in total. The number of hydrogen-bond acceptors (Lipinski definition) is 10. The van der Waals surface area contributed by atoms with Gasteiger partial charge in [0, 0.05) is 19.1 Å². The lowest BCUT2D eigenvalue weighted by Crippen LogP contribution is -2.64. The van der Waals surface area contributed by atoms with Crippen molar-refractivity contribution in [2.24, 2.45) is 5.92 Å². The molecule has 10 heteroatoms. The largest absolute Gasteiger partial charge is 0.465 e. The number of methoxy groups -OCH3 is 1. The van der Waals surface area contributed by atoms with Crippen LogP contribution in [0, 0.1) is 5.92 Å². The molecule has 0 radical (unpaired) electrons. The van der Waals surface area contributed by atoms with Gasteiger partial charge >= 0.3 is 17.9 Å². The first-order valence-corrected chi connectivity index (χ1v) is 11.7. The van der Waals surface area contributed by atoms with E-state index in [4.69, 9.17) is 33.2 Å². The number of fused-ring (bicyclic) bond motifs is 3. The Labute approximate surface area is 203 Å². The first-order chi connectivity index (χ1) is 17.0. The fourth-order valence-corrected chi connectivity index (χ4v) is 4.29. The zero-order chi connectivity index (χ0) is 24.8. The van der Waals surface area contributed by atoms with Crippen LogP contribution in [0.5, 0.6) is 0 Å². The Morgan fingerprint density at radius 3 is 2.57 bits per heavy atom. The van der Waals surface area contributed by atoms with E-state index in [9.17, 15) is 14.4 Å². The van der Waals surface area contributed by atoms with Gasteiger partial charge in [0.15, 0.2) is 30.7 Å². The van der Waals surface area contributed by atoms with Gasteiger partial charge < -0.3 is 33.2 Å². The Kier molecular flexibility index (Phi) is 8.50. The summed E-state index contributed by atoms with van der Waals surface area (Å²) in [6.45, 7) is 1.91. The molecule has 1 aromatic rings. The van der Waals surface area contributed by atoms with E-state index in [1.54, 1.807) is 19.1 Å². The molecule has 1 aromatic carbocycles. The van der Waals surface area contributed by atoms with Crippen LogP contribution in [0.15, 0.2) is 42.5 Å². The number of carbonyl (C=O) groups excluding carboxylic acids is 3. The summed E-state index contributed by atoms with van der Waals surface area (Å²) >= 11 is 0. The molecule has 0 aromatic heterocycles. The highest BCUT2D eigenvalue weighted by molar-refractivity contribution is 5.95. The standard InChI is InChI=1S/C25H30O10/c1-3-30-22(27)16-12-8-5-9-13-18(26)33-21-20(34-23(16)28)19-17(32-25(21)29-2)14-31-24(35-19)15-10-6-4-7-11-15/h4-8,10-11,16-17,19-21,24-25H,3,9,12-14H2,1-2H3/t16-,17-,19-,20+,21-,24?,25+/m1/s1. The predicted molar refractivity (Wildman–Crippen MR) is 119 cm³/mol. The van der Waals surface area contributed by atoms with Crippen LogP contribution in [0.25, 0.3) is 0 Å². The van der Waals surface area contributed by atoms with E-state index in [-0.39, 0.29) is 26.1 Å². The van der Waals surface area contributed by atoms with Crippen LogP contribution in [-0.2, 0) is 47.5 Å². The Morgan fingerprint density at radius 1 is 1.03 bits per heavy atom. The van der Waals surface area contributed by atoms with Crippen LogP contribution in [0.2, 0.25) is 0 Å². The zero-order valence-electron chi connectivity index (χ0n) is 19.7. The average molecular weight is 491 g/mol. The number of benzene rings is 1. The van der Waals surface area contributed by atoms with Gasteiger partial charge in [0.25, 0.3) is 0 Å². The predicted octanol–water partition coefficient (Wildman–Crippen LogP) is 2.21. The van der Waals surface area contributed by atoms with Crippen LogP contribution in [0.4, 0.5) is 0 Å². The Morgan fingerprint density at radius 2 is 1.83 bits per heavy atom. The molecule has 2 saturated heterocycles. The minimum atomic E-state index is -1.17. The molecule has 0 saturated carbocycles. The monoisotopic (exact) mass is 490 g/mol. The summed E-state index contributed by atoms with van der Waals surface area (Å²) in [6.07, 6.45) is -1.57. The summed E-state index contributed by atoms with van der Waals surface area (Å²) in [4.78, 5) is 38.3. The highest BCUT2D eigenvalue weighted by Gasteiger charge is 2.54. The van der Waals surface area contributed by atoms with Gasteiger partial charge in [-0.25, -0.2) is 0 Å². The lowest BCUT2D eigenvalue weighted by Gasteiger charge is -2.48. The van der Waals surface area contributed by atoms with Crippen molar-refractivity contribution >= 4 is 17.9 Å². The Hall–Kier alpha value is -2.79. The first kappa shape index (κ1) is 25.3. The summed E-state index contributed by atoms with van der Waals surface area (Å²) in [5.74, 6) is -3.16. The SMILES string of the molecule is CCOC(=O)[C@H]1CC=CCCC(=O)O[C@H]2[C@@H](OC)O[C@@H]3COC(c4ccccc4)O[C@H]3[C@@H]2OC1=O. The molecule has 190 valence electrons. The van der Waals surface area contributed by atoms with Crippen LogP contribution in [0.1, 0.15) is 38.0 Å². The van der Waals surface area contributed by atoms with Crippen molar-refractivity contribution in [1.29, 1.82) is 0 Å². The molecule has 0 N–H and O–H groups in total. The van der Waals surface area contributed by atoms with Gasteiger partial charge in [0.1, 0.15) is 12.2 Å². The van der Waals surface area contributed by atoms with E-state index in [1.165, 1.54) is 7.11 Å². The van der Waals surface area contributed by atoms with Gasteiger partial charge in [0.05, 0.1) is 13.2 Å². The van der Waals surface area contributed by atoms with Gasteiger partial charge in [-0.1, -0.05) is 42.5 Å². The van der Waals surface area contributed by atoms with Crippen LogP contribution in [0.3, 0.4) is 0 Å². The van der Waals surface area contributed by atoms with Crippen molar-refractivity contribution in [2.45, 2.75) is 63.2 Å². The van der Waals surface area contributed by atoms with Crippen molar-refractivity contribution in [3.63, 3.8) is 0 Å². The number of rotatable bonds is 4. The number of ether oxygens (including phenoxy) is 7. The van der Waals surface area contributed by atoms with Gasteiger partial charge in [-0.2, -0.15) is 0 Å². The van der Waals surface area contributed by atoms with E-state index in [0.717, 1.165) is 5.56 Å². The highest BCUT2D eigenvalue weighted by Crippen LogP contribution is 2.37. The van der Waals surface area contributed by atoms with Crippen molar-refractivity contribution in [1.82, 2.24) is 0 Å². The summed E-state index contributed by atoms with van der Waals surface area (Å²) in [7, 11) is 1.40. The second-order valence-electron chi connectivity index (χ2n) is 8.36. The van der Waals surface area contributed by atoms with Gasteiger partial charge in [-0.3, -0.25) is 14.4 Å². The number of hydrogen-bond donors (Lipinski definition) is 0. The molecule has 2 fully saturated rings.